The van der Waals surface area contributed by atoms with Gasteiger partial charge in [0.25, 0.3) is 0 Å². The van der Waals surface area contributed by atoms with Crippen LogP contribution in [0, 0.1) is 0 Å². The maximum atomic E-state index is 3.42. The molecule has 0 aromatic rings. The SMILES string of the molecule is C1C[C@@H](N2CCSCC2)CN1.Cl.Cl. The fourth-order valence-corrected chi connectivity index (χ4v) is 2.83. The lowest BCUT2D eigenvalue weighted by Gasteiger charge is -2.31. The highest BCUT2D eigenvalue weighted by atomic mass is 35.5. The summed E-state index contributed by atoms with van der Waals surface area (Å²) in [6, 6.07) is 0.857. The van der Waals surface area contributed by atoms with E-state index in [1.165, 1.54) is 44.1 Å². The maximum Gasteiger partial charge on any atom is 0.0233 e. The number of hydrogen-bond acceptors (Lipinski definition) is 3. The Kier molecular flexibility index (Phi) is 7.65. The highest BCUT2D eigenvalue weighted by molar-refractivity contribution is 7.99. The standard InChI is InChI=1S/C8H16N2S.2ClH/c1-2-9-7-8(1)10-3-5-11-6-4-10;;/h8-9H,1-7H2;2*1H/t8-;;/m1../s1. The second kappa shape index (κ2) is 7.18. The summed E-state index contributed by atoms with van der Waals surface area (Å²) >= 11 is 2.10. The van der Waals surface area contributed by atoms with Crippen LogP contribution in [0.3, 0.4) is 0 Å². The van der Waals surface area contributed by atoms with Crippen LogP contribution in [0.15, 0.2) is 0 Å². The third-order valence-electron chi connectivity index (χ3n) is 2.60. The molecule has 0 saturated carbocycles. The fourth-order valence-electron chi connectivity index (χ4n) is 1.89. The molecule has 2 heterocycles. The topological polar surface area (TPSA) is 15.3 Å². The zero-order chi connectivity index (χ0) is 7.52. The zero-order valence-corrected chi connectivity index (χ0v) is 10.1. The second-order valence-corrected chi connectivity index (χ2v) is 4.52. The van der Waals surface area contributed by atoms with Gasteiger partial charge in [0.05, 0.1) is 0 Å². The lowest BCUT2D eigenvalue weighted by atomic mass is 10.2. The molecule has 0 aromatic carbocycles. The van der Waals surface area contributed by atoms with Crippen LogP contribution in [0.2, 0.25) is 0 Å². The minimum atomic E-state index is 0. The first kappa shape index (κ1) is 13.8. The van der Waals surface area contributed by atoms with Crippen LogP contribution in [-0.4, -0.2) is 48.6 Å². The highest BCUT2D eigenvalue weighted by Crippen LogP contribution is 2.15. The molecule has 1 atom stereocenters. The summed E-state index contributed by atoms with van der Waals surface area (Å²) in [4.78, 5) is 2.65. The van der Waals surface area contributed by atoms with Gasteiger partial charge in [0, 0.05) is 37.2 Å². The summed E-state index contributed by atoms with van der Waals surface area (Å²) in [6.07, 6.45) is 1.37. The number of nitrogens with zero attached hydrogens (tertiary/aromatic N) is 1. The van der Waals surface area contributed by atoms with Crippen molar-refractivity contribution in [1.29, 1.82) is 0 Å². The van der Waals surface area contributed by atoms with Crippen LogP contribution in [0.1, 0.15) is 6.42 Å². The molecule has 2 rings (SSSR count). The van der Waals surface area contributed by atoms with E-state index in [4.69, 9.17) is 0 Å². The Morgan fingerprint density at radius 3 is 2.38 bits per heavy atom. The Balaban J connectivity index is 0.000000720. The Morgan fingerprint density at radius 2 is 1.85 bits per heavy atom. The Hall–Kier alpha value is 0.850. The van der Waals surface area contributed by atoms with Crippen LogP contribution in [-0.2, 0) is 0 Å². The summed E-state index contributed by atoms with van der Waals surface area (Å²) in [7, 11) is 0. The summed E-state index contributed by atoms with van der Waals surface area (Å²) in [6.45, 7) is 5.09. The average Bonchev–Trinajstić information content (AvgIpc) is 2.58. The number of halogens is 2. The Bertz CT molecular complexity index is 125. The van der Waals surface area contributed by atoms with Crippen LogP contribution >= 0.6 is 36.6 Å². The quantitative estimate of drug-likeness (QED) is 0.748. The average molecular weight is 245 g/mol. The van der Waals surface area contributed by atoms with E-state index < -0.39 is 0 Å². The van der Waals surface area contributed by atoms with Gasteiger partial charge in [-0.2, -0.15) is 11.8 Å². The molecule has 2 aliphatic heterocycles. The van der Waals surface area contributed by atoms with Crippen molar-refractivity contribution in [3.8, 4) is 0 Å². The summed E-state index contributed by atoms with van der Waals surface area (Å²) in [5, 5.41) is 3.42. The molecule has 2 nitrogen and oxygen atoms in total. The van der Waals surface area contributed by atoms with E-state index in [-0.39, 0.29) is 24.8 Å². The molecule has 2 fully saturated rings. The number of rotatable bonds is 1. The molecular weight excluding hydrogens is 227 g/mol. The first-order valence-corrected chi connectivity index (χ1v) is 5.65. The van der Waals surface area contributed by atoms with Gasteiger partial charge in [0.1, 0.15) is 0 Å². The fraction of sp³-hybridized carbons (Fsp3) is 1.00. The molecule has 80 valence electrons. The van der Waals surface area contributed by atoms with Crippen molar-refractivity contribution in [2.24, 2.45) is 0 Å². The largest absolute Gasteiger partial charge is 0.315 e. The van der Waals surface area contributed by atoms with Crippen molar-refractivity contribution < 1.29 is 0 Å². The smallest absolute Gasteiger partial charge is 0.0233 e. The Morgan fingerprint density at radius 1 is 1.15 bits per heavy atom. The van der Waals surface area contributed by atoms with Crippen LogP contribution in [0.5, 0.6) is 0 Å². The minimum absolute atomic E-state index is 0. The molecule has 0 aliphatic carbocycles. The summed E-state index contributed by atoms with van der Waals surface area (Å²) in [5.74, 6) is 2.69. The van der Waals surface area contributed by atoms with Gasteiger partial charge in [-0.25, -0.2) is 0 Å². The van der Waals surface area contributed by atoms with E-state index in [0.717, 1.165) is 6.04 Å². The number of hydrogen-bond donors (Lipinski definition) is 1. The Labute approximate surface area is 97.0 Å². The molecule has 0 unspecified atom stereocenters. The molecule has 0 bridgehead atoms. The molecule has 0 spiro atoms. The summed E-state index contributed by atoms with van der Waals surface area (Å²) in [5.41, 5.74) is 0. The van der Waals surface area contributed by atoms with Crippen molar-refractivity contribution in [3.63, 3.8) is 0 Å². The van der Waals surface area contributed by atoms with Gasteiger partial charge < -0.3 is 5.32 Å². The van der Waals surface area contributed by atoms with Crippen LogP contribution in [0.4, 0.5) is 0 Å². The van der Waals surface area contributed by atoms with Gasteiger partial charge in [0.2, 0.25) is 0 Å². The number of nitrogens with one attached hydrogen (secondary N) is 1. The normalized spacial score (nSPS) is 29.1. The zero-order valence-electron chi connectivity index (χ0n) is 7.70. The second-order valence-electron chi connectivity index (χ2n) is 3.29. The maximum absolute atomic E-state index is 3.42. The van der Waals surface area contributed by atoms with E-state index in [9.17, 15) is 0 Å². The van der Waals surface area contributed by atoms with Gasteiger partial charge >= 0.3 is 0 Å². The molecular formula is C8H18Cl2N2S. The van der Waals surface area contributed by atoms with Crippen LogP contribution < -0.4 is 5.32 Å². The van der Waals surface area contributed by atoms with E-state index in [1.54, 1.807) is 0 Å². The van der Waals surface area contributed by atoms with Crippen molar-refractivity contribution in [1.82, 2.24) is 10.2 Å². The lowest BCUT2D eigenvalue weighted by Crippen LogP contribution is -2.42. The van der Waals surface area contributed by atoms with Gasteiger partial charge in [-0.15, -0.1) is 24.8 Å². The highest BCUT2D eigenvalue weighted by Gasteiger charge is 2.23. The molecule has 2 saturated heterocycles. The third-order valence-corrected chi connectivity index (χ3v) is 3.54. The monoisotopic (exact) mass is 244 g/mol. The van der Waals surface area contributed by atoms with Crippen LogP contribution in [0.25, 0.3) is 0 Å². The summed E-state index contributed by atoms with van der Waals surface area (Å²) < 4.78 is 0. The van der Waals surface area contributed by atoms with Gasteiger partial charge in [-0.3, -0.25) is 4.90 Å². The predicted molar refractivity (Wildman–Crippen MR) is 64.7 cm³/mol. The first-order valence-electron chi connectivity index (χ1n) is 4.49. The van der Waals surface area contributed by atoms with Gasteiger partial charge in [-0.05, 0) is 13.0 Å². The van der Waals surface area contributed by atoms with E-state index in [0.29, 0.717) is 0 Å². The molecule has 0 amide bonds. The van der Waals surface area contributed by atoms with E-state index >= 15 is 0 Å². The van der Waals surface area contributed by atoms with Crippen molar-refractivity contribution >= 4 is 36.6 Å². The van der Waals surface area contributed by atoms with Gasteiger partial charge in [0.15, 0.2) is 0 Å². The van der Waals surface area contributed by atoms with Crippen molar-refractivity contribution in [2.75, 3.05) is 37.7 Å². The third kappa shape index (κ3) is 3.84. The van der Waals surface area contributed by atoms with Crippen molar-refractivity contribution in [2.45, 2.75) is 12.5 Å². The van der Waals surface area contributed by atoms with E-state index in [2.05, 4.69) is 22.0 Å². The molecule has 1 N–H and O–H groups in total. The van der Waals surface area contributed by atoms with Crippen molar-refractivity contribution in [3.05, 3.63) is 0 Å². The molecule has 0 radical (unpaired) electrons. The molecule has 0 aromatic heterocycles. The predicted octanol–water partition coefficient (Wildman–Crippen LogP) is 1.24. The molecule has 5 heteroatoms. The van der Waals surface area contributed by atoms with E-state index in [1.807, 2.05) is 0 Å². The molecule has 13 heavy (non-hydrogen) atoms. The number of thioether (sulfide) groups is 1. The first-order chi connectivity index (χ1) is 5.47. The van der Waals surface area contributed by atoms with Gasteiger partial charge in [-0.1, -0.05) is 0 Å². The minimum Gasteiger partial charge on any atom is -0.315 e. The lowest BCUT2D eigenvalue weighted by molar-refractivity contribution is 0.230. The molecule has 2 aliphatic rings.